The van der Waals surface area contributed by atoms with E-state index in [1.54, 1.807) is 0 Å². The number of hydrogen-bond donors (Lipinski definition) is 2. The predicted octanol–water partition coefficient (Wildman–Crippen LogP) is 2.20. The number of nitrogens with one attached hydrogen (secondary N) is 1. The maximum atomic E-state index is 14.4. The number of rotatable bonds is 6. The minimum atomic E-state index is -1.71. The van der Waals surface area contributed by atoms with Crippen molar-refractivity contribution >= 4 is 17.6 Å². The molecule has 3 N–H and O–H groups in total. The molecule has 1 aliphatic rings. The highest BCUT2D eigenvalue weighted by atomic mass is 19.1. The van der Waals surface area contributed by atoms with Crippen LogP contribution in [-0.2, 0) is 10.3 Å². The van der Waals surface area contributed by atoms with E-state index in [1.807, 2.05) is 0 Å². The predicted molar refractivity (Wildman–Crippen MR) is 92.5 cm³/mol. The first-order chi connectivity index (χ1) is 13.5. The molecular weight excluding hydrogens is 379 g/mol. The monoisotopic (exact) mass is 393 g/mol. The quantitative estimate of drug-likeness (QED) is 0.778. The zero-order valence-electron chi connectivity index (χ0n) is 14.2. The number of carbonyl (C=O) groups is 1. The summed E-state index contributed by atoms with van der Waals surface area (Å²) in [7, 11) is 0. The van der Waals surface area contributed by atoms with E-state index in [-0.39, 0.29) is 28.8 Å². The summed E-state index contributed by atoms with van der Waals surface area (Å²) in [6, 6.07) is 3.25. The smallest absolute Gasteiger partial charge is 0.288 e. The molecule has 11 heteroatoms. The Labute approximate surface area is 156 Å². The third-order valence-electron chi connectivity index (χ3n) is 3.80. The molecule has 0 bridgehead atoms. The van der Waals surface area contributed by atoms with E-state index in [0.29, 0.717) is 0 Å². The average molecular weight is 393 g/mol. The highest BCUT2D eigenvalue weighted by Gasteiger charge is 2.35. The molecule has 0 fully saturated rings. The third kappa shape index (κ3) is 3.87. The van der Waals surface area contributed by atoms with Gasteiger partial charge in [0.1, 0.15) is 23.7 Å². The number of halogens is 3. The number of hydrogen-bond acceptors (Lipinski definition) is 7. The fourth-order valence-electron chi connectivity index (χ4n) is 2.47. The van der Waals surface area contributed by atoms with Crippen LogP contribution in [0, 0.1) is 5.82 Å². The molecule has 1 aliphatic heterocycles. The Balaban J connectivity index is 1.86. The summed E-state index contributed by atoms with van der Waals surface area (Å²) < 4.78 is 49.5. The molecule has 0 spiro atoms. The van der Waals surface area contributed by atoms with Crippen LogP contribution >= 0.6 is 0 Å². The van der Waals surface area contributed by atoms with Crippen LogP contribution in [0.4, 0.5) is 18.9 Å². The van der Waals surface area contributed by atoms with Gasteiger partial charge in [-0.05, 0) is 24.3 Å². The lowest BCUT2D eigenvalue weighted by Crippen LogP contribution is -2.32. The van der Waals surface area contributed by atoms with Gasteiger partial charge in [-0.1, -0.05) is 0 Å². The molecule has 0 radical (unpaired) electrons. The first kappa shape index (κ1) is 19.1. The second kappa shape index (κ2) is 7.94. The van der Waals surface area contributed by atoms with Gasteiger partial charge in [-0.25, -0.2) is 28.1 Å². The topological polar surface area (TPSA) is 112 Å². The van der Waals surface area contributed by atoms with E-state index in [2.05, 4.69) is 25.0 Å². The van der Waals surface area contributed by atoms with Gasteiger partial charge < -0.3 is 20.5 Å². The number of anilines is 1. The minimum absolute atomic E-state index is 0.0882. The lowest BCUT2D eigenvalue weighted by atomic mass is 9.90. The number of benzene rings is 1. The van der Waals surface area contributed by atoms with Crippen molar-refractivity contribution in [1.82, 2.24) is 9.97 Å². The second-order valence-electron chi connectivity index (χ2n) is 5.57. The minimum Gasteiger partial charge on any atom is -0.445 e. The zero-order chi connectivity index (χ0) is 20.1. The summed E-state index contributed by atoms with van der Waals surface area (Å²) in [5.74, 6) is -1.50. The van der Waals surface area contributed by atoms with E-state index >= 15 is 0 Å². The molecule has 2 heterocycles. The van der Waals surface area contributed by atoms with Crippen LogP contribution in [0.3, 0.4) is 0 Å². The van der Waals surface area contributed by atoms with Crippen LogP contribution in [0.2, 0.25) is 0 Å². The van der Waals surface area contributed by atoms with Crippen LogP contribution < -0.4 is 15.8 Å². The molecule has 28 heavy (non-hydrogen) atoms. The molecule has 3 rings (SSSR count). The Kier molecular flexibility index (Phi) is 5.43. The van der Waals surface area contributed by atoms with Gasteiger partial charge in [0.05, 0.1) is 18.7 Å². The van der Waals surface area contributed by atoms with Crippen LogP contribution in [0.1, 0.15) is 16.1 Å². The Hall–Kier alpha value is -3.63. The van der Waals surface area contributed by atoms with Crippen LogP contribution in [0.15, 0.2) is 47.9 Å². The molecule has 1 amide bonds. The van der Waals surface area contributed by atoms with Crippen molar-refractivity contribution in [3.8, 4) is 5.88 Å². The number of amides is 1. The van der Waals surface area contributed by atoms with Gasteiger partial charge in [0.2, 0.25) is 12.7 Å². The summed E-state index contributed by atoms with van der Waals surface area (Å²) in [5, 5.41) is 2.49. The first-order valence-corrected chi connectivity index (χ1v) is 7.85. The largest absolute Gasteiger partial charge is 0.445 e. The molecular formula is C17H14F3N5O3. The highest BCUT2D eigenvalue weighted by Crippen LogP contribution is 2.34. The van der Waals surface area contributed by atoms with E-state index in [9.17, 15) is 18.0 Å². The Bertz CT molecular complexity index is 936. The number of ether oxygens (including phenoxy) is 2. The molecule has 1 aromatic carbocycles. The Morgan fingerprint density at radius 3 is 2.75 bits per heavy atom. The summed E-state index contributed by atoms with van der Waals surface area (Å²) in [6.45, 7) is -2.16. The molecule has 1 atom stereocenters. The zero-order valence-corrected chi connectivity index (χ0v) is 14.2. The fraction of sp³-hybridized carbons (Fsp3) is 0.176. The van der Waals surface area contributed by atoms with Crippen molar-refractivity contribution in [2.75, 3.05) is 18.9 Å². The number of aromatic nitrogens is 2. The maximum Gasteiger partial charge on any atom is 0.288 e. The Morgan fingerprint density at radius 1 is 1.29 bits per heavy atom. The van der Waals surface area contributed by atoms with Gasteiger partial charge in [0.25, 0.3) is 11.9 Å². The van der Waals surface area contributed by atoms with Gasteiger partial charge in [-0.3, -0.25) is 4.79 Å². The molecule has 0 saturated carbocycles. The first-order valence-electron chi connectivity index (χ1n) is 7.85. The molecule has 2 aromatic rings. The number of aliphatic imine (C=N–C) groups is 1. The van der Waals surface area contributed by atoms with Crippen molar-refractivity contribution in [2.24, 2.45) is 10.7 Å². The molecule has 146 valence electrons. The SMILES string of the molecule is NC1=N[C@](CF)(c2cc(NC(=O)c3cnc(OCF)cn3)ccc2F)C=CO1. The standard InChI is InChI=1S/C17H14F3N5O3/c18-8-17(3-4-27-16(21)25-17)11-5-10(1-2-12(11)20)24-15(26)13-6-23-14(7-22-13)28-9-19/h1-7H,8-9H2,(H2,21,25)(H,24,26)/t17-/m1/s1. The summed E-state index contributed by atoms with van der Waals surface area (Å²) in [4.78, 5) is 23.7. The van der Waals surface area contributed by atoms with Gasteiger partial charge in [0.15, 0.2) is 0 Å². The van der Waals surface area contributed by atoms with E-state index in [1.165, 1.54) is 18.2 Å². The molecule has 8 nitrogen and oxygen atoms in total. The Morgan fingerprint density at radius 2 is 2.11 bits per heavy atom. The highest BCUT2D eigenvalue weighted by molar-refractivity contribution is 6.02. The number of nitrogens with two attached hydrogens (primary N) is 1. The summed E-state index contributed by atoms with van der Waals surface area (Å²) in [6.07, 6.45) is 4.50. The van der Waals surface area contributed by atoms with Crippen LogP contribution in [0.25, 0.3) is 0 Å². The number of nitrogens with zero attached hydrogens (tertiary/aromatic N) is 3. The van der Waals surface area contributed by atoms with E-state index < -0.39 is 30.8 Å². The van der Waals surface area contributed by atoms with E-state index in [4.69, 9.17) is 10.5 Å². The summed E-state index contributed by atoms with van der Waals surface area (Å²) in [5.41, 5.74) is 3.68. The van der Waals surface area contributed by atoms with Crippen molar-refractivity contribution in [1.29, 1.82) is 0 Å². The summed E-state index contributed by atoms with van der Waals surface area (Å²) >= 11 is 0. The lowest BCUT2D eigenvalue weighted by molar-refractivity contribution is 0.102. The second-order valence-corrected chi connectivity index (χ2v) is 5.57. The van der Waals surface area contributed by atoms with Crippen LogP contribution in [-0.4, -0.2) is 35.4 Å². The maximum absolute atomic E-state index is 14.4. The lowest BCUT2D eigenvalue weighted by Gasteiger charge is -2.27. The third-order valence-corrected chi connectivity index (χ3v) is 3.80. The molecule has 0 aliphatic carbocycles. The van der Waals surface area contributed by atoms with Crippen molar-refractivity contribution < 1.29 is 27.4 Å². The average Bonchev–Trinajstić information content (AvgIpc) is 2.70. The van der Waals surface area contributed by atoms with Crippen molar-refractivity contribution in [3.05, 3.63) is 60.0 Å². The van der Waals surface area contributed by atoms with Gasteiger partial charge in [-0.2, -0.15) is 0 Å². The van der Waals surface area contributed by atoms with Gasteiger partial charge >= 0.3 is 0 Å². The van der Waals surface area contributed by atoms with Gasteiger partial charge in [0, 0.05) is 11.3 Å². The van der Waals surface area contributed by atoms with Crippen LogP contribution in [0.5, 0.6) is 5.88 Å². The van der Waals surface area contributed by atoms with Crippen molar-refractivity contribution in [2.45, 2.75) is 5.54 Å². The number of carbonyl (C=O) groups excluding carboxylic acids is 1. The molecule has 1 aromatic heterocycles. The number of amidine groups is 1. The molecule has 0 unspecified atom stereocenters. The van der Waals surface area contributed by atoms with E-state index in [0.717, 1.165) is 24.7 Å². The normalized spacial score (nSPS) is 18.2. The fourth-order valence-corrected chi connectivity index (χ4v) is 2.47. The number of alkyl halides is 2. The van der Waals surface area contributed by atoms with Crippen molar-refractivity contribution in [3.63, 3.8) is 0 Å². The van der Waals surface area contributed by atoms with Gasteiger partial charge in [-0.15, -0.1) is 0 Å². The molecule has 0 saturated heterocycles.